The maximum absolute atomic E-state index is 8.93. The molecule has 2 rings (SSSR count). The summed E-state index contributed by atoms with van der Waals surface area (Å²) in [5, 5.41) is 8.93. The van der Waals surface area contributed by atoms with Gasteiger partial charge in [-0.3, -0.25) is 4.98 Å². The minimum atomic E-state index is -0.0912. The zero-order chi connectivity index (χ0) is 10.7. The lowest BCUT2D eigenvalue weighted by Gasteiger charge is -2.00. The summed E-state index contributed by atoms with van der Waals surface area (Å²) < 4.78 is 0.907. The lowest BCUT2D eigenvalue weighted by atomic mass is 10.3. The SMILES string of the molecule is OCc1ccnc(-c2ccc(Br)cn2)n1. The number of pyridine rings is 1. The molecule has 2 heterocycles. The Morgan fingerprint density at radius 3 is 2.73 bits per heavy atom. The largest absolute Gasteiger partial charge is 0.390 e. The van der Waals surface area contributed by atoms with Crippen LogP contribution in [-0.4, -0.2) is 20.1 Å². The van der Waals surface area contributed by atoms with Gasteiger partial charge in [0.25, 0.3) is 0 Å². The molecule has 5 heteroatoms. The molecule has 0 aliphatic rings. The van der Waals surface area contributed by atoms with Crippen molar-refractivity contribution in [2.75, 3.05) is 0 Å². The van der Waals surface area contributed by atoms with Gasteiger partial charge in [-0.1, -0.05) is 0 Å². The molecular formula is C10H8BrN3O. The Kier molecular flexibility index (Phi) is 3.03. The van der Waals surface area contributed by atoms with Crippen LogP contribution in [0.25, 0.3) is 11.5 Å². The zero-order valence-corrected chi connectivity index (χ0v) is 9.35. The van der Waals surface area contributed by atoms with Gasteiger partial charge in [0.1, 0.15) is 5.69 Å². The highest BCUT2D eigenvalue weighted by Crippen LogP contribution is 2.14. The van der Waals surface area contributed by atoms with Crippen molar-refractivity contribution in [3.8, 4) is 11.5 Å². The molecule has 0 amide bonds. The van der Waals surface area contributed by atoms with Crippen molar-refractivity contribution in [1.29, 1.82) is 0 Å². The van der Waals surface area contributed by atoms with Gasteiger partial charge in [0.05, 0.1) is 12.3 Å². The smallest absolute Gasteiger partial charge is 0.178 e. The molecule has 76 valence electrons. The minimum absolute atomic E-state index is 0.0912. The number of hydrogen-bond acceptors (Lipinski definition) is 4. The fraction of sp³-hybridized carbons (Fsp3) is 0.100. The topological polar surface area (TPSA) is 58.9 Å². The minimum Gasteiger partial charge on any atom is -0.390 e. The van der Waals surface area contributed by atoms with Crippen LogP contribution in [0.3, 0.4) is 0 Å². The Bertz CT molecular complexity index is 458. The molecule has 2 aromatic rings. The van der Waals surface area contributed by atoms with Gasteiger partial charge in [-0.2, -0.15) is 0 Å². The van der Waals surface area contributed by atoms with Gasteiger partial charge in [0.15, 0.2) is 5.82 Å². The lowest BCUT2D eigenvalue weighted by molar-refractivity contribution is 0.277. The van der Waals surface area contributed by atoms with Crippen LogP contribution in [0.5, 0.6) is 0 Å². The molecule has 4 nitrogen and oxygen atoms in total. The van der Waals surface area contributed by atoms with E-state index in [1.54, 1.807) is 18.5 Å². The molecule has 0 atom stereocenters. The molecule has 0 bridgehead atoms. The number of nitrogens with zero attached hydrogens (tertiary/aromatic N) is 3. The van der Waals surface area contributed by atoms with E-state index < -0.39 is 0 Å². The van der Waals surface area contributed by atoms with Gasteiger partial charge in [-0.15, -0.1) is 0 Å². The molecule has 0 saturated heterocycles. The summed E-state index contributed by atoms with van der Waals surface area (Å²) in [6.07, 6.45) is 3.29. The average molecular weight is 266 g/mol. The van der Waals surface area contributed by atoms with Gasteiger partial charge < -0.3 is 5.11 Å². The van der Waals surface area contributed by atoms with Crippen molar-refractivity contribution in [2.45, 2.75) is 6.61 Å². The third-order valence-electron chi connectivity index (χ3n) is 1.83. The first-order valence-corrected chi connectivity index (χ1v) is 5.13. The van der Waals surface area contributed by atoms with Crippen LogP contribution in [0.4, 0.5) is 0 Å². The Balaban J connectivity index is 2.40. The van der Waals surface area contributed by atoms with Crippen molar-refractivity contribution >= 4 is 15.9 Å². The van der Waals surface area contributed by atoms with Gasteiger partial charge in [-0.05, 0) is 34.1 Å². The second-order valence-electron chi connectivity index (χ2n) is 2.89. The molecule has 0 radical (unpaired) electrons. The highest BCUT2D eigenvalue weighted by atomic mass is 79.9. The summed E-state index contributed by atoms with van der Waals surface area (Å²) in [5.41, 5.74) is 1.28. The normalized spacial score (nSPS) is 10.3. The van der Waals surface area contributed by atoms with Crippen molar-refractivity contribution in [1.82, 2.24) is 15.0 Å². The van der Waals surface area contributed by atoms with E-state index in [0.29, 0.717) is 17.2 Å². The number of halogens is 1. The van der Waals surface area contributed by atoms with E-state index in [0.717, 1.165) is 4.47 Å². The van der Waals surface area contributed by atoms with Gasteiger partial charge in [0.2, 0.25) is 0 Å². The predicted molar refractivity (Wildman–Crippen MR) is 58.9 cm³/mol. The van der Waals surface area contributed by atoms with Crippen LogP contribution >= 0.6 is 15.9 Å². The number of aromatic nitrogens is 3. The van der Waals surface area contributed by atoms with E-state index in [1.165, 1.54) is 0 Å². The molecular weight excluding hydrogens is 258 g/mol. The standard InChI is InChI=1S/C10H8BrN3O/c11-7-1-2-9(13-5-7)10-12-4-3-8(6-15)14-10/h1-5,15H,6H2. The third-order valence-corrected chi connectivity index (χ3v) is 2.30. The fourth-order valence-corrected chi connectivity index (χ4v) is 1.35. The predicted octanol–water partition coefficient (Wildman–Crippen LogP) is 1.79. The summed E-state index contributed by atoms with van der Waals surface area (Å²) in [5.74, 6) is 0.522. The summed E-state index contributed by atoms with van der Waals surface area (Å²) in [7, 11) is 0. The summed E-state index contributed by atoms with van der Waals surface area (Å²) in [6, 6.07) is 5.36. The van der Waals surface area contributed by atoms with Crippen molar-refractivity contribution in [3.63, 3.8) is 0 Å². The molecule has 0 spiro atoms. The maximum Gasteiger partial charge on any atom is 0.178 e. The number of hydrogen-bond donors (Lipinski definition) is 1. The highest BCUT2D eigenvalue weighted by Gasteiger charge is 2.03. The molecule has 2 aromatic heterocycles. The van der Waals surface area contributed by atoms with Crippen LogP contribution in [0.1, 0.15) is 5.69 Å². The van der Waals surface area contributed by atoms with Gasteiger partial charge in [0, 0.05) is 16.9 Å². The van der Waals surface area contributed by atoms with Crippen molar-refractivity contribution in [2.24, 2.45) is 0 Å². The molecule has 0 unspecified atom stereocenters. The first-order valence-electron chi connectivity index (χ1n) is 4.34. The van der Waals surface area contributed by atoms with Gasteiger partial charge in [-0.25, -0.2) is 9.97 Å². The third kappa shape index (κ3) is 2.37. The molecule has 1 N–H and O–H groups in total. The lowest BCUT2D eigenvalue weighted by Crippen LogP contribution is -1.95. The van der Waals surface area contributed by atoms with E-state index in [2.05, 4.69) is 30.9 Å². The van der Waals surface area contributed by atoms with E-state index >= 15 is 0 Å². The van der Waals surface area contributed by atoms with Crippen LogP contribution in [-0.2, 0) is 6.61 Å². The van der Waals surface area contributed by atoms with Crippen LogP contribution < -0.4 is 0 Å². The maximum atomic E-state index is 8.93. The Morgan fingerprint density at radius 2 is 2.07 bits per heavy atom. The van der Waals surface area contributed by atoms with Crippen LogP contribution in [0, 0.1) is 0 Å². The molecule has 0 aliphatic heterocycles. The van der Waals surface area contributed by atoms with E-state index in [9.17, 15) is 0 Å². The first kappa shape index (κ1) is 10.2. The first-order chi connectivity index (χ1) is 7.29. The molecule has 0 aliphatic carbocycles. The molecule has 15 heavy (non-hydrogen) atoms. The Morgan fingerprint density at radius 1 is 1.20 bits per heavy atom. The second-order valence-corrected chi connectivity index (χ2v) is 3.81. The van der Waals surface area contributed by atoms with E-state index in [4.69, 9.17) is 5.11 Å². The van der Waals surface area contributed by atoms with Crippen molar-refractivity contribution in [3.05, 3.63) is 40.8 Å². The number of aliphatic hydroxyl groups is 1. The molecule has 0 aromatic carbocycles. The van der Waals surface area contributed by atoms with Crippen LogP contribution in [0.15, 0.2) is 35.1 Å². The van der Waals surface area contributed by atoms with E-state index in [1.807, 2.05) is 12.1 Å². The Labute approximate surface area is 95.2 Å². The highest BCUT2D eigenvalue weighted by molar-refractivity contribution is 9.10. The second kappa shape index (κ2) is 4.46. The number of rotatable bonds is 2. The van der Waals surface area contributed by atoms with Crippen LogP contribution in [0.2, 0.25) is 0 Å². The van der Waals surface area contributed by atoms with Crippen molar-refractivity contribution < 1.29 is 5.11 Å². The zero-order valence-electron chi connectivity index (χ0n) is 7.76. The molecule has 0 saturated carbocycles. The van der Waals surface area contributed by atoms with Gasteiger partial charge >= 0.3 is 0 Å². The summed E-state index contributed by atoms with van der Waals surface area (Å²) in [4.78, 5) is 12.4. The average Bonchev–Trinajstić information content (AvgIpc) is 2.30. The monoisotopic (exact) mass is 265 g/mol. The van der Waals surface area contributed by atoms with E-state index in [-0.39, 0.29) is 6.61 Å². The quantitative estimate of drug-likeness (QED) is 0.900. The fourth-order valence-electron chi connectivity index (χ4n) is 1.12. The Hall–Kier alpha value is -1.33. The number of aliphatic hydroxyl groups excluding tert-OH is 1. The summed E-state index contributed by atoms with van der Waals surface area (Å²) >= 11 is 3.30. The molecule has 0 fully saturated rings. The summed E-state index contributed by atoms with van der Waals surface area (Å²) in [6.45, 7) is -0.0912.